The number of aromatic nitrogens is 2. The summed E-state index contributed by atoms with van der Waals surface area (Å²) in [5.74, 6) is 2.23. The molecule has 1 saturated heterocycles. The molecule has 2 aromatic heterocycles. The SMILES string of the molecule is COCc1nc(C2(CC3CC3)CCN(C(=O)c3ccsc3)CC2)no1. The van der Waals surface area contributed by atoms with Crippen LogP contribution in [0.3, 0.4) is 0 Å². The van der Waals surface area contributed by atoms with Crippen LogP contribution in [0.2, 0.25) is 0 Å². The van der Waals surface area contributed by atoms with Gasteiger partial charge in [-0.25, -0.2) is 0 Å². The van der Waals surface area contributed by atoms with Crippen LogP contribution in [0.5, 0.6) is 0 Å². The molecule has 2 fully saturated rings. The molecule has 1 aliphatic heterocycles. The predicted octanol–water partition coefficient (Wildman–Crippen LogP) is 3.25. The first kappa shape index (κ1) is 16.7. The molecular formula is C18H23N3O3S. The van der Waals surface area contributed by atoms with Crippen molar-refractivity contribution in [3.05, 3.63) is 34.1 Å². The van der Waals surface area contributed by atoms with Crippen LogP contribution < -0.4 is 0 Å². The maximum atomic E-state index is 12.6. The normalized spacial score (nSPS) is 20.0. The van der Waals surface area contributed by atoms with Gasteiger partial charge in [-0.15, -0.1) is 0 Å². The number of ether oxygens (including phenoxy) is 1. The Morgan fingerprint density at radius 3 is 2.88 bits per heavy atom. The molecule has 2 aliphatic rings. The zero-order valence-corrected chi connectivity index (χ0v) is 15.3. The van der Waals surface area contributed by atoms with Crippen molar-refractivity contribution in [2.45, 2.75) is 44.1 Å². The van der Waals surface area contributed by atoms with E-state index in [2.05, 4.69) is 10.1 Å². The minimum Gasteiger partial charge on any atom is -0.375 e. The zero-order valence-electron chi connectivity index (χ0n) is 14.4. The molecule has 1 saturated carbocycles. The predicted molar refractivity (Wildman–Crippen MR) is 93.5 cm³/mol. The summed E-state index contributed by atoms with van der Waals surface area (Å²) in [7, 11) is 1.62. The summed E-state index contributed by atoms with van der Waals surface area (Å²) in [5.41, 5.74) is 0.726. The number of rotatable bonds is 6. The van der Waals surface area contributed by atoms with Gasteiger partial charge in [0.15, 0.2) is 5.82 Å². The third kappa shape index (κ3) is 3.48. The Kier molecular flexibility index (Phi) is 4.60. The molecule has 7 heteroatoms. The molecule has 2 aromatic rings. The Hall–Kier alpha value is -1.73. The molecule has 0 spiro atoms. The largest absolute Gasteiger partial charge is 0.375 e. The molecule has 1 amide bonds. The standard InChI is InChI=1S/C18H23N3O3S/c1-23-11-15-19-17(20-24-15)18(10-13-2-3-13)5-7-21(8-6-18)16(22)14-4-9-25-12-14/h4,9,12-13H,2-3,5-8,10-11H2,1H3. The van der Waals surface area contributed by atoms with Crippen molar-refractivity contribution < 1.29 is 14.1 Å². The molecule has 0 unspecified atom stereocenters. The van der Waals surface area contributed by atoms with Crippen LogP contribution in [-0.4, -0.2) is 41.1 Å². The smallest absolute Gasteiger partial charge is 0.254 e. The minimum absolute atomic E-state index is 0.0674. The lowest BCUT2D eigenvalue weighted by atomic mass is 9.73. The summed E-state index contributed by atoms with van der Waals surface area (Å²) in [6.07, 6.45) is 5.47. The van der Waals surface area contributed by atoms with Gasteiger partial charge in [0.25, 0.3) is 11.8 Å². The van der Waals surface area contributed by atoms with Crippen molar-refractivity contribution in [3.63, 3.8) is 0 Å². The highest BCUT2D eigenvalue weighted by molar-refractivity contribution is 7.08. The fraction of sp³-hybridized carbons (Fsp3) is 0.611. The van der Waals surface area contributed by atoms with Gasteiger partial charge in [0.1, 0.15) is 6.61 Å². The molecule has 0 aromatic carbocycles. The van der Waals surface area contributed by atoms with Crippen molar-refractivity contribution in [1.29, 1.82) is 0 Å². The fourth-order valence-corrected chi connectivity index (χ4v) is 4.38. The Morgan fingerprint density at radius 2 is 2.24 bits per heavy atom. The number of amides is 1. The third-order valence-electron chi connectivity index (χ3n) is 5.36. The van der Waals surface area contributed by atoms with E-state index in [9.17, 15) is 4.79 Å². The highest BCUT2D eigenvalue weighted by atomic mass is 32.1. The van der Waals surface area contributed by atoms with Gasteiger partial charge in [-0.05, 0) is 36.6 Å². The number of likely N-dealkylation sites (tertiary alicyclic amines) is 1. The molecule has 3 heterocycles. The van der Waals surface area contributed by atoms with Crippen LogP contribution in [0, 0.1) is 5.92 Å². The van der Waals surface area contributed by atoms with E-state index in [0.717, 1.165) is 49.7 Å². The van der Waals surface area contributed by atoms with Crippen molar-refractivity contribution in [2.75, 3.05) is 20.2 Å². The number of carbonyl (C=O) groups is 1. The van der Waals surface area contributed by atoms with Gasteiger partial charge in [-0.1, -0.05) is 18.0 Å². The highest BCUT2D eigenvalue weighted by Crippen LogP contribution is 2.46. The van der Waals surface area contributed by atoms with Gasteiger partial charge < -0.3 is 14.2 Å². The molecule has 134 valence electrons. The second-order valence-electron chi connectivity index (χ2n) is 7.18. The van der Waals surface area contributed by atoms with Crippen LogP contribution in [0.1, 0.15) is 54.2 Å². The van der Waals surface area contributed by atoms with Crippen molar-refractivity contribution >= 4 is 17.2 Å². The maximum Gasteiger partial charge on any atom is 0.254 e. The van der Waals surface area contributed by atoms with E-state index in [1.807, 2.05) is 21.7 Å². The van der Waals surface area contributed by atoms with Crippen LogP contribution in [0.4, 0.5) is 0 Å². The maximum absolute atomic E-state index is 12.6. The van der Waals surface area contributed by atoms with E-state index in [1.54, 1.807) is 18.4 Å². The van der Waals surface area contributed by atoms with Crippen molar-refractivity contribution in [3.8, 4) is 0 Å². The molecule has 4 rings (SSSR count). The Labute approximate surface area is 151 Å². The van der Waals surface area contributed by atoms with Gasteiger partial charge in [-0.3, -0.25) is 4.79 Å². The Balaban J connectivity index is 1.50. The van der Waals surface area contributed by atoms with Crippen LogP contribution in [0.15, 0.2) is 21.3 Å². The molecule has 0 radical (unpaired) electrons. The lowest BCUT2D eigenvalue weighted by Crippen LogP contribution is -2.46. The number of methoxy groups -OCH3 is 1. The van der Waals surface area contributed by atoms with Gasteiger partial charge >= 0.3 is 0 Å². The van der Waals surface area contributed by atoms with Crippen LogP contribution in [-0.2, 0) is 16.8 Å². The molecule has 0 atom stereocenters. The summed E-state index contributed by atoms with van der Waals surface area (Å²) in [5, 5.41) is 8.13. The average Bonchev–Trinajstić information content (AvgIpc) is 3.10. The second kappa shape index (κ2) is 6.88. The Morgan fingerprint density at radius 1 is 1.44 bits per heavy atom. The number of hydrogen-bond acceptors (Lipinski definition) is 6. The van der Waals surface area contributed by atoms with E-state index in [-0.39, 0.29) is 11.3 Å². The third-order valence-corrected chi connectivity index (χ3v) is 6.05. The first-order valence-electron chi connectivity index (χ1n) is 8.84. The summed E-state index contributed by atoms with van der Waals surface area (Å²) in [6.45, 7) is 1.83. The average molecular weight is 361 g/mol. The quantitative estimate of drug-likeness (QED) is 0.790. The highest BCUT2D eigenvalue weighted by Gasteiger charge is 2.44. The van der Waals surface area contributed by atoms with Crippen molar-refractivity contribution in [1.82, 2.24) is 15.0 Å². The van der Waals surface area contributed by atoms with Gasteiger partial charge in [0.05, 0.1) is 5.56 Å². The molecule has 6 nitrogen and oxygen atoms in total. The number of thiophene rings is 1. The van der Waals surface area contributed by atoms with E-state index in [0.29, 0.717) is 12.5 Å². The summed E-state index contributed by atoms with van der Waals surface area (Å²) >= 11 is 1.56. The van der Waals surface area contributed by atoms with Crippen LogP contribution in [0.25, 0.3) is 0 Å². The molecule has 0 bridgehead atoms. The summed E-state index contributed by atoms with van der Waals surface area (Å²) in [6, 6.07) is 1.90. The lowest BCUT2D eigenvalue weighted by Gasteiger charge is -2.40. The van der Waals surface area contributed by atoms with E-state index >= 15 is 0 Å². The summed E-state index contributed by atoms with van der Waals surface area (Å²) in [4.78, 5) is 19.2. The van der Waals surface area contributed by atoms with E-state index in [4.69, 9.17) is 9.26 Å². The van der Waals surface area contributed by atoms with Gasteiger partial charge in [0.2, 0.25) is 0 Å². The summed E-state index contributed by atoms with van der Waals surface area (Å²) < 4.78 is 10.4. The van der Waals surface area contributed by atoms with E-state index in [1.165, 1.54) is 12.8 Å². The lowest BCUT2D eigenvalue weighted by molar-refractivity contribution is 0.0646. The molecule has 0 N–H and O–H groups in total. The number of nitrogens with zero attached hydrogens (tertiary/aromatic N) is 3. The van der Waals surface area contributed by atoms with Gasteiger partial charge in [-0.2, -0.15) is 16.3 Å². The van der Waals surface area contributed by atoms with Gasteiger partial charge in [0, 0.05) is 31.0 Å². The number of hydrogen-bond donors (Lipinski definition) is 0. The Bertz CT molecular complexity index is 716. The molecular weight excluding hydrogens is 338 g/mol. The number of carbonyl (C=O) groups excluding carboxylic acids is 1. The minimum atomic E-state index is -0.0674. The topological polar surface area (TPSA) is 68.5 Å². The molecule has 1 aliphatic carbocycles. The van der Waals surface area contributed by atoms with Crippen molar-refractivity contribution in [2.24, 2.45) is 5.92 Å². The first-order valence-corrected chi connectivity index (χ1v) is 9.78. The first-order chi connectivity index (χ1) is 12.2. The number of piperidine rings is 1. The van der Waals surface area contributed by atoms with Crippen LogP contribution >= 0.6 is 11.3 Å². The fourth-order valence-electron chi connectivity index (χ4n) is 3.75. The zero-order chi connectivity index (χ0) is 17.3. The second-order valence-corrected chi connectivity index (χ2v) is 7.96. The monoisotopic (exact) mass is 361 g/mol. The molecule has 25 heavy (non-hydrogen) atoms. The van der Waals surface area contributed by atoms with E-state index < -0.39 is 0 Å².